The van der Waals surface area contributed by atoms with Gasteiger partial charge < -0.3 is 10.0 Å². The van der Waals surface area contributed by atoms with Gasteiger partial charge in [0.1, 0.15) is 0 Å². The van der Waals surface area contributed by atoms with Crippen LogP contribution >= 0.6 is 11.8 Å². The lowest BCUT2D eigenvalue weighted by atomic mass is 10.2. The first-order valence-electron chi connectivity index (χ1n) is 7.20. The molecule has 1 amide bonds. The number of carbonyl (C=O) groups is 1. The highest BCUT2D eigenvalue weighted by Crippen LogP contribution is 2.34. The van der Waals surface area contributed by atoms with E-state index in [1.807, 2.05) is 24.3 Å². The Morgan fingerprint density at radius 3 is 2.74 bits per heavy atom. The van der Waals surface area contributed by atoms with Crippen molar-refractivity contribution in [3.05, 3.63) is 24.3 Å². The van der Waals surface area contributed by atoms with E-state index in [0.29, 0.717) is 6.54 Å². The third-order valence-corrected chi connectivity index (χ3v) is 4.89. The number of nitrogens with zero attached hydrogens (tertiary/aromatic N) is 2. The van der Waals surface area contributed by atoms with Gasteiger partial charge in [-0.05, 0) is 26.1 Å². The maximum Gasteiger partial charge on any atom is 0.415 e. The zero-order valence-electron chi connectivity index (χ0n) is 12.9. The molecular formula is C15H19F3N2O2S. The molecule has 0 aromatic heterocycles. The SMILES string of the molecule is CC(C(=O)N1CCSc2ccccc21)N(C)CC(O)C(F)(F)F. The number of aliphatic hydroxyl groups is 1. The fraction of sp³-hybridized carbons (Fsp3) is 0.533. The van der Waals surface area contributed by atoms with Gasteiger partial charge in [0.15, 0.2) is 6.10 Å². The molecule has 1 aliphatic heterocycles. The van der Waals surface area contributed by atoms with E-state index in [1.54, 1.807) is 23.6 Å². The van der Waals surface area contributed by atoms with Gasteiger partial charge in [0.2, 0.25) is 5.91 Å². The van der Waals surface area contributed by atoms with Crippen molar-refractivity contribution in [2.24, 2.45) is 0 Å². The molecule has 2 unspecified atom stereocenters. The number of likely N-dealkylation sites (N-methyl/N-ethyl adjacent to an activating group) is 1. The van der Waals surface area contributed by atoms with Crippen LogP contribution in [0.4, 0.5) is 18.9 Å². The van der Waals surface area contributed by atoms with Gasteiger partial charge in [0, 0.05) is 23.7 Å². The summed E-state index contributed by atoms with van der Waals surface area (Å²) in [6.07, 6.45) is -7.15. The molecule has 2 rings (SSSR count). The van der Waals surface area contributed by atoms with Crippen molar-refractivity contribution in [3.8, 4) is 0 Å². The smallest absolute Gasteiger partial charge is 0.382 e. The zero-order chi connectivity index (χ0) is 17.2. The van der Waals surface area contributed by atoms with Crippen LogP contribution in [0.5, 0.6) is 0 Å². The number of aliphatic hydroxyl groups excluding tert-OH is 1. The summed E-state index contributed by atoms with van der Waals surface area (Å²) in [7, 11) is 1.40. The van der Waals surface area contributed by atoms with Gasteiger partial charge in [0.05, 0.1) is 11.7 Å². The first-order chi connectivity index (χ1) is 10.7. The minimum absolute atomic E-state index is 0.269. The molecule has 0 spiro atoms. The summed E-state index contributed by atoms with van der Waals surface area (Å²) in [6, 6.07) is 6.70. The molecule has 8 heteroatoms. The highest BCUT2D eigenvalue weighted by molar-refractivity contribution is 7.99. The number of para-hydroxylation sites is 1. The van der Waals surface area contributed by atoms with Crippen LogP contribution < -0.4 is 4.90 Å². The first kappa shape index (κ1) is 18.1. The Balaban J connectivity index is 2.08. The van der Waals surface area contributed by atoms with E-state index in [-0.39, 0.29) is 5.91 Å². The van der Waals surface area contributed by atoms with Gasteiger partial charge in [-0.1, -0.05) is 12.1 Å². The minimum Gasteiger partial charge on any atom is -0.382 e. The highest BCUT2D eigenvalue weighted by Gasteiger charge is 2.40. The number of benzene rings is 1. The second kappa shape index (κ2) is 7.11. The van der Waals surface area contributed by atoms with E-state index in [9.17, 15) is 18.0 Å². The van der Waals surface area contributed by atoms with Gasteiger partial charge in [-0.15, -0.1) is 11.8 Å². The molecule has 128 valence electrons. The Labute approximate surface area is 137 Å². The Kier molecular flexibility index (Phi) is 5.59. The van der Waals surface area contributed by atoms with Crippen LogP contribution in [0, 0.1) is 0 Å². The number of anilines is 1. The van der Waals surface area contributed by atoms with E-state index >= 15 is 0 Å². The highest BCUT2D eigenvalue weighted by atomic mass is 32.2. The minimum atomic E-state index is -4.69. The van der Waals surface area contributed by atoms with E-state index in [1.165, 1.54) is 11.9 Å². The standard InChI is InChI=1S/C15H19F3N2O2S/c1-10(19(2)9-13(21)15(16,17)18)14(22)20-7-8-23-12-6-4-3-5-11(12)20/h3-6,10,13,21H,7-9H2,1-2H3. The monoisotopic (exact) mass is 348 g/mol. The molecule has 0 saturated carbocycles. The number of thioether (sulfide) groups is 1. The summed E-state index contributed by atoms with van der Waals surface area (Å²) in [4.78, 5) is 16.5. The lowest BCUT2D eigenvalue weighted by Gasteiger charge is -2.34. The van der Waals surface area contributed by atoms with Crippen LogP contribution in [0.3, 0.4) is 0 Å². The van der Waals surface area contributed by atoms with Crippen LogP contribution in [0.2, 0.25) is 0 Å². The average Bonchev–Trinajstić information content (AvgIpc) is 2.51. The lowest BCUT2D eigenvalue weighted by Crippen LogP contribution is -2.51. The summed E-state index contributed by atoms with van der Waals surface area (Å²) in [5, 5.41) is 9.16. The Bertz CT molecular complexity index is 568. The van der Waals surface area contributed by atoms with E-state index in [0.717, 1.165) is 16.3 Å². The fourth-order valence-corrected chi connectivity index (χ4v) is 3.34. The number of halogens is 3. The van der Waals surface area contributed by atoms with Crippen molar-refractivity contribution in [1.29, 1.82) is 0 Å². The summed E-state index contributed by atoms with van der Waals surface area (Å²) in [5.41, 5.74) is 0.783. The predicted octanol–water partition coefficient (Wildman–Crippen LogP) is 2.37. The number of carbonyl (C=O) groups excluding carboxylic acids is 1. The molecule has 1 N–H and O–H groups in total. The molecule has 2 atom stereocenters. The fourth-order valence-electron chi connectivity index (χ4n) is 2.35. The normalized spacial score (nSPS) is 17.8. The molecule has 0 radical (unpaired) electrons. The van der Waals surface area contributed by atoms with Gasteiger partial charge in [-0.2, -0.15) is 13.2 Å². The largest absolute Gasteiger partial charge is 0.415 e. The summed E-state index contributed by atoms with van der Waals surface area (Å²) >= 11 is 1.65. The third kappa shape index (κ3) is 4.19. The van der Waals surface area contributed by atoms with Gasteiger partial charge >= 0.3 is 6.18 Å². The van der Waals surface area contributed by atoms with Crippen LogP contribution in [0.25, 0.3) is 0 Å². The zero-order valence-corrected chi connectivity index (χ0v) is 13.7. The van der Waals surface area contributed by atoms with Gasteiger partial charge in [-0.25, -0.2) is 0 Å². The van der Waals surface area contributed by atoms with Crippen molar-refractivity contribution in [1.82, 2.24) is 4.90 Å². The molecule has 1 aliphatic rings. The molecule has 0 fully saturated rings. The van der Waals surface area contributed by atoms with Crippen molar-refractivity contribution < 1.29 is 23.1 Å². The quantitative estimate of drug-likeness (QED) is 0.907. The molecule has 4 nitrogen and oxygen atoms in total. The molecule has 1 aromatic rings. The number of alkyl halides is 3. The van der Waals surface area contributed by atoms with Gasteiger partial charge in [-0.3, -0.25) is 9.69 Å². The van der Waals surface area contributed by atoms with E-state index in [2.05, 4.69) is 0 Å². The van der Waals surface area contributed by atoms with Crippen molar-refractivity contribution in [3.63, 3.8) is 0 Å². The maximum absolute atomic E-state index is 12.6. The molecule has 0 bridgehead atoms. The van der Waals surface area contributed by atoms with Gasteiger partial charge in [0.25, 0.3) is 0 Å². The number of amides is 1. The summed E-state index contributed by atoms with van der Waals surface area (Å²) in [5.74, 6) is 0.472. The van der Waals surface area contributed by atoms with Crippen LogP contribution in [-0.4, -0.2) is 60.1 Å². The molecule has 1 heterocycles. The average molecular weight is 348 g/mol. The Morgan fingerprint density at radius 1 is 1.43 bits per heavy atom. The molecule has 0 saturated heterocycles. The van der Waals surface area contributed by atoms with Crippen molar-refractivity contribution >= 4 is 23.4 Å². The predicted molar refractivity (Wildman–Crippen MR) is 83.7 cm³/mol. The van der Waals surface area contributed by atoms with E-state index in [4.69, 9.17) is 5.11 Å². The van der Waals surface area contributed by atoms with Crippen molar-refractivity contribution in [2.45, 2.75) is 30.1 Å². The lowest BCUT2D eigenvalue weighted by molar-refractivity contribution is -0.208. The third-order valence-electron chi connectivity index (χ3n) is 3.85. The molecule has 1 aromatic carbocycles. The topological polar surface area (TPSA) is 43.8 Å². The first-order valence-corrected chi connectivity index (χ1v) is 8.18. The molecule has 23 heavy (non-hydrogen) atoms. The number of hydrogen-bond donors (Lipinski definition) is 1. The van der Waals surface area contributed by atoms with Crippen LogP contribution in [0.15, 0.2) is 29.2 Å². The summed E-state index contributed by atoms with van der Waals surface area (Å²) in [6.45, 7) is 1.43. The number of hydrogen-bond acceptors (Lipinski definition) is 4. The second-order valence-corrected chi connectivity index (χ2v) is 6.62. The van der Waals surface area contributed by atoms with E-state index < -0.39 is 24.9 Å². The summed E-state index contributed by atoms with van der Waals surface area (Å²) < 4.78 is 37.4. The number of rotatable bonds is 4. The Hall–Kier alpha value is -1.25. The second-order valence-electron chi connectivity index (χ2n) is 5.48. The van der Waals surface area contributed by atoms with Crippen LogP contribution in [0.1, 0.15) is 6.92 Å². The molecular weight excluding hydrogens is 329 g/mol. The maximum atomic E-state index is 12.6. The Morgan fingerprint density at radius 2 is 2.09 bits per heavy atom. The number of fused-ring (bicyclic) bond motifs is 1. The van der Waals surface area contributed by atoms with Crippen molar-refractivity contribution in [2.75, 3.05) is 30.8 Å². The van der Waals surface area contributed by atoms with Crippen LogP contribution in [-0.2, 0) is 4.79 Å². The molecule has 0 aliphatic carbocycles.